The lowest BCUT2D eigenvalue weighted by Gasteiger charge is -2.19. The van der Waals surface area contributed by atoms with Crippen molar-refractivity contribution in [2.45, 2.75) is 38.8 Å². The van der Waals surface area contributed by atoms with Gasteiger partial charge < -0.3 is 14.3 Å². The molecule has 28 heavy (non-hydrogen) atoms. The maximum Gasteiger partial charge on any atom is 0.437 e. The monoisotopic (exact) mass is 386 g/mol. The molecule has 2 aromatic carbocycles. The molecule has 3 aromatic rings. The van der Waals surface area contributed by atoms with E-state index in [1.165, 1.54) is 29.8 Å². The van der Waals surface area contributed by atoms with E-state index in [1.807, 2.05) is 24.3 Å². The molecule has 6 nitrogen and oxygen atoms in total. The number of aliphatic hydroxyl groups is 1. The Labute approximate surface area is 162 Å². The van der Waals surface area contributed by atoms with Gasteiger partial charge in [0, 0.05) is 5.56 Å². The SMILES string of the molecule is CC(C)(C)c1ccc(OCC(O)Cn2nc(-c3ccc(F)cc3)oc2=O)cc1. The third-order valence-corrected chi connectivity index (χ3v) is 4.24. The summed E-state index contributed by atoms with van der Waals surface area (Å²) in [6, 6.07) is 13.1. The number of aliphatic hydroxyl groups excluding tert-OH is 1. The van der Waals surface area contributed by atoms with Crippen molar-refractivity contribution in [1.29, 1.82) is 0 Å². The maximum atomic E-state index is 13.0. The van der Waals surface area contributed by atoms with E-state index >= 15 is 0 Å². The highest BCUT2D eigenvalue weighted by molar-refractivity contribution is 5.51. The molecule has 148 valence electrons. The van der Waals surface area contributed by atoms with E-state index < -0.39 is 17.7 Å². The van der Waals surface area contributed by atoms with Gasteiger partial charge in [-0.1, -0.05) is 32.9 Å². The number of rotatable bonds is 6. The van der Waals surface area contributed by atoms with Crippen molar-refractivity contribution in [1.82, 2.24) is 9.78 Å². The highest BCUT2D eigenvalue weighted by Crippen LogP contribution is 2.24. The third-order valence-electron chi connectivity index (χ3n) is 4.24. The largest absolute Gasteiger partial charge is 0.491 e. The van der Waals surface area contributed by atoms with Crippen molar-refractivity contribution in [3.8, 4) is 17.2 Å². The zero-order chi connectivity index (χ0) is 20.3. The summed E-state index contributed by atoms with van der Waals surface area (Å²) in [6.07, 6.45) is -0.953. The Morgan fingerprint density at radius 3 is 2.39 bits per heavy atom. The molecule has 1 N–H and O–H groups in total. The average Bonchev–Trinajstić information content (AvgIpc) is 3.00. The van der Waals surface area contributed by atoms with Crippen LogP contribution in [0, 0.1) is 5.82 Å². The molecule has 0 saturated carbocycles. The van der Waals surface area contributed by atoms with Gasteiger partial charge in [0.15, 0.2) is 0 Å². The van der Waals surface area contributed by atoms with E-state index in [-0.39, 0.29) is 24.5 Å². The van der Waals surface area contributed by atoms with Gasteiger partial charge >= 0.3 is 5.76 Å². The molecule has 0 saturated heterocycles. The van der Waals surface area contributed by atoms with E-state index in [2.05, 4.69) is 25.9 Å². The first kappa shape index (κ1) is 19.8. The molecular formula is C21H23FN2O4. The maximum absolute atomic E-state index is 13.0. The van der Waals surface area contributed by atoms with Crippen LogP contribution >= 0.6 is 0 Å². The van der Waals surface area contributed by atoms with Crippen molar-refractivity contribution in [2.75, 3.05) is 6.61 Å². The minimum Gasteiger partial charge on any atom is -0.491 e. The van der Waals surface area contributed by atoms with E-state index in [4.69, 9.17) is 9.15 Å². The van der Waals surface area contributed by atoms with E-state index in [1.54, 1.807) is 0 Å². The molecule has 0 aliphatic carbocycles. The summed E-state index contributed by atoms with van der Waals surface area (Å²) < 4.78 is 24.7. The lowest BCUT2D eigenvalue weighted by atomic mass is 9.87. The predicted octanol–water partition coefficient (Wildman–Crippen LogP) is 3.38. The quantitative estimate of drug-likeness (QED) is 0.703. The lowest BCUT2D eigenvalue weighted by Crippen LogP contribution is -2.29. The second-order valence-electron chi connectivity index (χ2n) is 7.60. The second kappa shape index (κ2) is 7.98. The van der Waals surface area contributed by atoms with Crippen LogP contribution < -0.4 is 10.5 Å². The third kappa shape index (κ3) is 4.86. The van der Waals surface area contributed by atoms with Crippen LogP contribution in [0.4, 0.5) is 4.39 Å². The van der Waals surface area contributed by atoms with Gasteiger partial charge in [0.25, 0.3) is 0 Å². The number of hydrogen-bond donors (Lipinski definition) is 1. The fourth-order valence-electron chi connectivity index (χ4n) is 2.63. The molecule has 1 aromatic heterocycles. The molecule has 0 amide bonds. The van der Waals surface area contributed by atoms with Gasteiger partial charge in [-0.15, -0.1) is 5.10 Å². The van der Waals surface area contributed by atoms with Gasteiger partial charge in [-0.2, -0.15) is 4.68 Å². The number of benzene rings is 2. The minimum absolute atomic E-state index is 0.0000457. The zero-order valence-corrected chi connectivity index (χ0v) is 16.1. The van der Waals surface area contributed by atoms with Crippen LogP contribution in [0.2, 0.25) is 0 Å². The highest BCUT2D eigenvalue weighted by Gasteiger charge is 2.16. The van der Waals surface area contributed by atoms with Crippen LogP contribution in [0.25, 0.3) is 11.5 Å². The summed E-state index contributed by atoms with van der Waals surface area (Å²) in [5.41, 5.74) is 1.71. The molecule has 3 rings (SSSR count). The second-order valence-corrected chi connectivity index (χ2v) is 7.60. The topological polar surface area (TPSA) is 77.5 Å². The molecule has 0 aliphatic rings. The van der Waals surface area contributed by atoms with Gasteiger partial charge in [-0.25, -0.2) is 9.18 Å². The van der Waals surface area contributed by atoms with Crippen LogP contribution in [0.1, 0.15) is 26.3 Å². The van der Waals surface area contributed by atoms with Crippen LogP contribution in [-0.4, -0.2) is 27.6 Å². The fraction of sp³-hybridized carbons (Fsp3) is 0.333. The van der Waals surface area contributed by atoms with Gasteiger partial charge in [0.2, 0.25) is 5.89 Å². The summed E-state index contributed by atoms with van der Waals surface area (Å²) in [5.74, 6) is -0.399. The smallest absolute Gasteiger partial charge is 0.437 e. The molecule has 0 aliphatic heterocycles. The number of nitrogens with zero attached hydrogens (tertiary/aromatic N) is 2. The number of aromatic nitrogens is 2. The Balaban J connectivity index is 1.60. The molecular weight excluding hydrogens is 363 g/mol. The molecule has 1 heterocycles. The molecule has 7 heteroatoms. The highest BCUT2D eigenvalue weighted by atomic mass is 19.1. The molecule has 0 bridgehead atoms. The first-order valence-electron chi connectivity index (χ1n) is 8.98. The van der Waals surface area contributed by atoms with Gasteiger partial charge in [0.1, 0.15) is 24.3 Å². The summed E-state index contributed by atoms with van der Waals surface area (Å²) in [4.78, 5) is 11.9. The van der Waals surface area contributed by atoms with Gasteiger partial charge in [-0.05, 0) is 47.4 Å². The van der Waals surface area contributed by atoms with Crippen molar-refractivity contribution in [3.63, 3.8) is 0 Å². The van der Waals surface area contributed by atoms with E-state index in [9.17, 15) is 14.3 Å². The van der Waals surface area contributed by atoms with Crippen LogP contribution in [-0.2, 0) is 12.0 Å². The molecule has 0 fully saturated rings. The van der Waals surface area contributed by atoms with Crippen LogP contribution in [0.5, 0.6) is 5.75 Å². The Hall–Kier alpha value is -2.93. The van der Waals surface area contributed by atoms with Crippen molar-refractivity contribution in [3.05, 3.63) is 70.5 Å². The Morgan fingerprint density at radius 2 is 1.79 bits per heavy atom. The number of hydrogen-bond acceptors (Lipinski definition) is 5. The van der Waals surface area contributed by atoms with Crippen LogP contribution in [0.3, 0.4) is 0 Å². The number of halogens is 1. The zero-order valence-electron chi connectivity index (χ0n) is 16.1. The van der Waals surface area contributed by atoms with Crippen molar-refractivity contribution in [2.24, 2.45) is 0 Å². The lowest BCUT2D eigenvalue weighted by molar-refractivity contribution is 0.0875. The van der Waals surface area contributed by atoms with Gasteiger partial charge in [0.05, 0.1) is 6.54 Å². The van der Waals surface area contributed by atoms with E-state index in [0.29, 0.717) is 11.3 Å². The van der Waals surface area contributed by atoms with E-state index in [0.717, 1.165) is 4.68 Å². The normalized spacial score (nSPS) is 12.8. The first-order chi connectivity index (χ1) is 13.2. The summed E-state index contributed by atoms with van der Waals surface area (Å²) >= 11 is 0. The van der Waals surface area contributed by atoms with Crippen LogP contribution in [0.15, 0.2) is 57.7 Å². The molecule has 1 atom stereocenters. The summed E-state index contributed by atoms with van der Waals surface area (Å²) in [5, 5.41) is 14.2. The Bertz CT molecular complexity index is 969. The Kier molecular flexibility index (Phi) is 5.65. The standard InChI is InChI=1S/C21H23FN2O4/c1-21(2,3)15-6-10-18(11-7-15)27-13-17(25)12-24-20(26)28-19(23-24)14-4-8-16(22)9-5-14/h4-11,17,25H,12-13H2,1-3H3. The predicted molar refractivity (Wildman–Crippen MR) is 103 cm³/mol. The molecule has 0 radical (unpaired) electrons. The average molecular weight is 386 g/mol. The number of ether oxygens (including phenoxy) is 1. The Morgan fingerprint density at radius 1 is 1.14 bits per heavy atom. The van der Waals surface area contributed by atoms with Crippen molar-refractivity contribution >= 4 is 0 Å². The minimum atomic E-state index is -0.953. The van der Waals surface area contributed by atoms with Gasteiger partial charge in [-0.3, -0.25) is 0 Å². The fourth-order valence-corrected chi connectivity index (χ4v) is 2.63. The first-order valence-corrected chi connectivity index (χ1v) is 8.98. The van der Waals surface area contributed by atoms with Crippen molar-refractivity contribution < 1.29 is 18.7 Å². The molecule has 0 spiro atoms. The summed E-state index contributed by atoms with van der Waals surface area (Å²) in [6.45, 7) is 6.30. The summed E-state index contributed by atoms with van der Waals surface area (Å²) in [7, 11) is 0. The molecule has 1 unspecified atom stereocenters.